The summed E-state index contributed by atoms with van der Waals surface area (Å²) in [7, 11) is -3.36. The average molecular weight is 191 g/mol. The zero-order chi connectivity index (χ0) is 9.45. The molecule has 0 aromatic heterocycles. The summed E-state index contributed by atoms with van der Waals surface area (Å²) < 4.78 is 23.9. The van der Waals surface area contributed by atoms with Gasteiger partial charge in [0.25, 0.3) is 0 Å². The van der Waals surface area contributed by atoms with Crippen LogP contribution in [0.3, 0.4) is 0 Å². The van der Waals surface area contributed by atoms with Crippen molar-refractivity contribution in [2.75, 3.05) is 25.4 Å². The molecular formula is C6H13N3O2S. The van der Waals surface area contributed by atoms with E-state index in [1.165, 1.54) is 0 Å². The van der Waals surface area contributed by atoms with Crippen LogP contribution in [0.1, 0.15) is 6.92 Å². The molecule has 0 aromatic carbocycles. The van der Waals surface area contributed by atoms with Crippen LogP contribution in [-0.4, -0.2) is 33.8 Å². The summed E-state index contributed by atoms with van der Waals surface area (Å²) >= 11 is 0. The maximum absolute atomic E-state index is 10.8. The number of hydrogen-bond donors (Lipinski definition) is 2. The first-order chi connectivity index (χ1) is 5.62. The van der Waals surface area contributed by atoms with Crippen molar-refractivity contribution in [2.45, 2.75) is 6.92 Å². The van der Waals surface area contributed by atoms with Crippen molar-refractivity contribution in [2.24, 2.45) is 0 Å². The quantitative estimate of drug-likeness (QED) is 0.530. The molecule has 0 rings (SSSR count). The van der Waals surface area contributed by atoms with Gasteiger partial charge < -0.3 is 5.32 Å². The summed E-state index contributed by atoms with van der Waals surface area (Å²) in [5.41, 5.74) is 0. The van der Waals surface area contributed by atoms with E-state index >= 15 is 0 Å². The van der Waals surface area contributed by atoms with Gasteiger partial charge in [-0.3, -0.25) is 0 Å². The predicted octanol–water partition coefficient (Wildman–Crippen LogP) is -0.961. The Kier molecular flexibility index (Phi) is 5.62. The Hall–Kier alpha value is -0.640. The van der Waals surface area contributed by atoms with Gasteiger partial charge in [-0.1, -0.05) is 6.92 Å². The molecule has 0 fully saturated rings. The number of nitrogens with one attached hydrogen (secondary N) is 2. The van der Waals surface area contributed by atoms with Crippen LogP contribution in [0.5, 0.6) is 0 Å². The fraction of sp³-hybridized carbons (Fsp3) is 0.833. The SMILES string of the molecule is CCNCCNS(=O)(=O)CC#N. The van der Waals surface area contributed by atoms with Crippen LogP contribution >= 0.6 is 0 Å². The summed E-state index contributed by atoms with van der Waals surface area (Å²) in [6.07, 6.45) is 0. The predicted molar refractivity (Wildman–Crippen MR) is 45.9 cm³/mol. The van der Waals surface area contributed by atoms with Crippen LogP contribution in [0.15, 0.2) is 0 Å². The molecule has 0 atom stereocenters. The van der Waals surface area contributed by atoms with Crippen molar-refractivity contribution in [3.8, 4) is 6.07 Å². The van der Waals surface area contributed by atoms with E-state index in [0.717, 1.165) is 6.54 Å². The Morgan fingerprint density at radius 1 is 1.42 bits per heavy atom. The molecule has 6 heteroatoms. The second-order valence-electron chi connectivity index (χ2n) is 2.17. The van der Waals surface area contributed by atoms with Gasteiger partial charge >= 0.3 is 0 Å². The third kappa shape index (κ3) is 6.09. The molecule has 0 aromatic rings. The van der Waals surface area contributed by atoms with E-state index in [0.29, 0.717) is 13.1 Å². The molecule has 0 heterocycles. The lowest BCUT2D eigenvalue weighted by Crippen LogP contribution is -2.32. The summed E-state index contributed by atoms with van der Waals surface area (Å²) in [6, 6.07) is 1.58. The zero-order valence-corrected chi connectivity index (χ0v) is 7.82. The normalized spacial score (nSPS) is 11.0. The van der Waals surface area contributed by atoms with Crippen molar-refractivity contribution in [3.05, 3.63) is 0 Å². The van der Waals surface area contributed by atoms with E-state index in [-0.39, 0.29) is 0 Å². The molecule has 5 nitrogen and oxygen atoms in total. The van der Waals surface area contributed by atoms with Gasteiger partial charge in [0.2, 0.25) is 10.0 Å². The molecule has 0 aliphatic heterocycles. The van der Waals surface area contributed by atoms with E-state index in [2.05, 4.69) is 10.0 Å². The standard InChI is InChI=1S/C6H13N3O2S/c1-2-8-4-5-9-12(10,11)6-3-7/h8-9H,2,4-6H2,1H3. The van der Waals surface area contributed by atoms with Gasteiger partial charge in [0.15, 0.2) is 5.75 Å². The monoisotopic (exact) mass is 191 g/mol. The lowest BCUT2D eigenvalue weighted by atomic mass is 10.6. The summed E-state index contributed by atoms with van der Waals surface area (Å²) in [6.45, 7) is 3.66. The van der Waals surface area contributed by atoms with Gasteiger partial charge in [0, 0.05) is 13.1 Å². The van der Waals surface area contributed by atoms with Crippen molar-refractivity contribution < 1.29 is 8.42 Å². The number of hydrogen-bond acceptors (Lipinski definition) is 4. The molecule has 0 unspecified atom stereocenters. The topological polar surface area (TPSA) is 82.0 Å². The molecule has 12 heavy (non-hydrogen) atoms. The van der Waals surface area contributed by atoms with Crippen LogP contribution in [-0.2, 0) is 10.0 Å². The number of nitriles is 1. The molecule has 0 spiro atoms. The summed E-state index contributed by atoms with van der Waals surface area (Å²) in [5, 5.41) is 11.1. The maximum atomic E-state index is 10.8. The second-order valence-corrected chi connectivity index (χ2v) is 3.97. The van der Waals surface area contributed by atoms with Crippen molar-refractivity contribution >= 4 is 10.0 Å². The van der Waals surface area contributed by atoms with Gasteiger partial charge in [-0.05, 0) is 6.54 Å². The zero-order valence-electron chi connectivity index (χ0n) is 7.00. The van der Waals surface area contributed by atoms with Crippen LogP contribution < -0.4 is 10.0 Å². The van der Waals surface area contributed by atoms with E-state index < -0.39 is 15.8 Å². The number of nitrogens with zero attached hydrogens (tertiary/aromatic N) is 1. The highest BCUT2D eigenvalue weighted by atomic mass is 32.2. The van der Waals surface area contributed by atoms with Crippen LogP contribution in [0.4, 0.5) is 0 Å². The van der Waals surface area contributed by atoms with Crippen LogP contribution in [0, 0.1) is 11.3 Å². The molecule has 2 N–H and O–H groups in total. The number of likely N-dealkylation sites (N-methyl/N-ethyl adjacent to an activating group) is 1. The van der Waals surface area contributed by atoms with Gasteiger partial charge in [-0.25, -0.2) is 13.1 Å². The highest BCUT2D eigenvalue weighted by molar-refractivity contribution is 7.89. The van der Waals surface area contributed by atoms with Crippen molar-refractivity contribution in [1.29, 1.82) is 5.26 Å². The maximum Gasteiger partial charge on any atom is 0.225 e. The number of rotatable bonds is 6. The van der Waals surface area contributed by atoms with E-state index in [4.69, 9.17) is 5.26 Å². The van der Waals surface area contributed by atoms with Gasteiger partial charge in [-0.2, -0.15) is 5.26 Å². The number of sulfonamides is 1. The molecule has 70 valence electrons. The minimum atomic E-state index is -3.36. The lowest BCUT2D eigenvalue weighted by Gasteiger charge is -2.02. The smallest absolute Gasteiger partial charge is 0.225 e. The molecule has 0 aliphatic rings. The molecule has 0 bridgehead atoms. The Balaban J connectivity index is 3.57. The Bertz CT molecular complexity index is 242. The molecule has 0 saturated heterocycles. The van der Waals surface area contributed by atoms with Crippen molar-refractivity contribution in [3.63, 3.8) is 0 Å². The molecule has 0 amide bonds. The Labute approximate surface area is 72.8 Å². The van der Waals surface area contributed by atoms with Gasteiger partial charge in [0.05, 0.1) is 6.07 Å². The van der Waals surface area contributed by atoms with Gasteiger partial charge in [0.1, 0.15) is 0 Å². The van der Waals surface area contributed by atoms with Crippen molar-refractivity contribution in [1.82, 2.24) is 10.0 Å². The van der Waals surface area contributed by atoms with Gasteiger partial charge in [-0.15, -0.1) is 0 Å². The summed E-state index contributed by atoms with van der Waals surface area (Å²) in [5.74, 6) is -0.473. The van der Waals surface area contributed by atoms with E-state index in [9.17, 15) is 8.42 Å². The van der Waals surface area contributed by atoms with Crippen LogP contribution in [0.2, 0.25) is 0 Å². The largest absolute Gasteiger partial charge is 0.316 e. The lowest BCUT2D eigenvalue weighted by molar-refractivity contribution is 0.581. The average Bonchev–Trinajstić information content (AvgIpc) is 1.98. The Morgan fingerprint density at radius 2 is 2.08 bits per heavy atom. The first-order valence-corrected chi connectivity index (χ1v) is 5.32. The molecule has 0 saturated carbocycles. The van der Waals surface area contributed by atoms with Crippen LogP contribution in [0.25, 0.3) is 0 Å². The summed E-state index contributed by atoms with van der Waals surface area (Å²) in [4.78, 5) is 0. The first kappa shape index (κ1) is 11.4. The minimum absolute atomic E-state index is 0.331. The van der Waals surface area contributed by atoms with E-state index in [1.807, 2.05) is 6.92 Å². The Morgan fingerprint density at radius 3 is 2.58 bits per heavy atom. The third-order valence-corrected chi connectivity index (χ3v) is 2.28. The molecule has 0 radical (unpaired) electrons. The highest BCUT2D eigenvalue weighted by Crippen LogP contribution is 1.79. The third-order valence-electron chi connectivity index (χ3n) is 1.13. The highest BCUT2D eigenvalue weighted by Gasteiger charge is 2.06. The minimum Gasteiger partial charge on any atom is -0.316 e. The molecular weight excluding hydrogens is 178 g/mol. The molecule has 0 aliphatic carbocycles. The second kappa shape index (κ2) is 5.94. The van der Waals surface area contributed by atoms with E-state index in [1.54, 1.807) is 6.07 Å². The first-order valence-electron chi connectivity index (χ1n) is 3.67. The fourth-order valence-corrected chi connectivity index (χ4v) is 1.29. The fourth-order valence-electron chi connectivity index (χ4n) is 0.608.